The van der Waals surface area contributed by atoms with Gasteiger partial charge in [0.05, 0.1) is 18.8 Å². The normalized spacial score (nSPS) is 23.5. The summed E-state index contributed by atoms with van der Waals surface area (Å²) in [6.45, 7) is 4.49. The number of aryl methyl sites for hydroxylation is 1. The van der Waals surface area contributed by atoms with Crippen molar-refractivity contribution in [1.29, 1.82) is 0 Å². The van der Waals surface area contributed by atoms with Crippen LogP contribution in [0.15, 0.2) is 18.2 Å². The molecule has 2 saturated heterocycles. The number of carbonyl (C=O) groups excluding carboxylic acids is 1. The van der Waals surface area contributed by atoms with Crippen molar-refractivity contribution in [1.82, 2.24) is 4.90 Å². The van der Waals surface area contributed by atoms with Crippen LogP contribution in [0.3, 0.4) is 0 Å². The highest BCUT2D eigenvalue weighted by Crippen LogP contribution is 2.27. The van der Waals surface area contributed by atoms with E-state index in [9.17, 15) is 9.90 Å². The number of rotatable bonds is 2. The standard InChI is InChI=1S/C16H21NO4/c1-11-4-5-13(14(18)9-11)15(19)17-6-2-3-12(10-17)16-20-7-8-21-16/h4-5,9,12,16,18H,2-3,6-8,10H2,1H3/t12-/m0/s1. The Kier molecular flexibility index (Phi) is 4.12. The van der Waals surface area contributed by atoms with Crippen LogP contribution in [0, 0.1) is 12.8 Å². The number of nitrogens with zero attached hydrogens (tertiary/aromatic N) is 1. The fourth-order valence-electron chi connectivity index (χ4n) is 3.06. The van der Waals surface area contributed by atoms with Crippen molar-refractivity contribution in [2.24, 2.45) is 5.92 Å². The van der Waals surface area contributed by atoms with Gasteiger partial charge in [0.25, 0.3) is 5.91 Å². The van der Waals surface area contributed by atoms with E-state index in [4.69, 9.17) is 9.47 Å². The van der Waals surface area contributed by atoms with E-state index in [2.05, 4.69) is 0 Å². The Morgan fingerprint density at radius 2 is 2.10 bits per heavy atom. The predicted molar refractivity (Wildman–Crippen MR) is 77.2 cm³/mol. The van der Waals surface area contributed by atoms with Gasteiger partial charge in [0.2, 0.25) is 0 Å². The number of likely N-dealkylation sites (tertiary alicyclic amines) is 1. The molecule has 0 radical (unpaired) electrons. The Morgan fingerprint density at radius 1 is 1.33 bits per heavy atom. The fraction of sp³-hybridized carbons (Fsp3) is 0.562. The summed E-state index contributed by atoms with van der Waals surface area (Å²) in [6, 6.07) is 5.16. The summed E-state index contributed by atoms with van der Waals surface area (Å²) in [6.07, 6.45) is 1.76. The lowest BCUT2D eigenvalue weighted by atomic mass is 9.96. The Morgan fingerprint density at radius 3 is 2.81 bits per heavy atom. The summed E-state index contributed by atoms with van der Waals surface area (Å²) >= 11 is 0. The molecule has 3 rings (SSSR count). The number of hydrogen-bond acceptors (Lipinski definition) is 4. The molecule has 1 aromatic carbocycles. The molecule has 0 unspecified atom stereocenters. The lowest BCUT2D eigenvalue weighted by molar-refractivity contribution is -0.0969. The second-order valence-corrected chi connectivity index (χ2v) is 5.78. The molecule has 0 aromatic heterocycles. The average molecular weight is 291 g/mol. The monoisotopic (exact) mass is 291 g/mol. The van der Waals surface area contributed by atoms with Crippen molar-refractivity contribution in [3.8, 4) is 5.75 Å². The third kappa shape index (κ3) is 3.04. The van der Waals surface area contributed by atoms with E-state index in [0.29, 0.717) is 25.3 Å². The summed E-state index contributed by atoms with van der Waals surface area (Å²) in [4.78, 5) is 14.4. The predicted octanol–water partition coefficient (Wildman–Crippen LogP) is 1.93. The van der Waals surface area contributed by atoms with Gasteiger partial charge in [0.1, 0.15) is 5.75 Å². The summed E-state index contributed by atoms with van der Waals surface area (Å²) < 4.78 is 11.1. The van der Waals surface area contributed by atoms with Crippen molar-refractivity contribution in [2.75, 3.05) is 26.3 Å². The van der Waals surface area contributed by atoms with E-state index >= 15 is 0 Å². The van der Waals surface area contributed by atoms with E-state index in [0.717, 1.165) is 24.9 Å². The van der Waals surface area contributed by atoms with E-state index in [1.54, 1.807) is 17.0 Å². The van der Waals surface area contributed by atoms with Gasteiger partial charge >= 0.3 is 0 Å². The van der Waals surface area contributed by atoms with Gasteiger partial charge in [0.15, 0.2) is 6.29 Å². The third-order valence-electron chi connectivity index (χ3n) is 4.16. The molecule has 2 aliphatic rings. The number of aromatic hydroxyl groups is 1. The van der Waals surface area contributed by atoms with Crippen LogP contribution in [0.2, 0.25) is 0 Å². The molecule has 0 bridgehead atoms. The van der Waals surface area contributed by atoms with Gasteiger partial charge in [-0.05, 0) is 37.5 Å². The minimum absolute atomic E-state index is 0.0514. The number of ether oxygens (including phenoxy) is 2. The molecule has 1 amide bonds. The molecular formula is C16H21NO4. The Bertz CT molecular complexity index is 525. The quantitative estimate of drug-likeness (QED) is 0.904. The van der Waals surface area contributed by atoms with Crippen molar-refractivity contribution in [3.05, 3.63) is 29.3 Å². The van der Waals surface area contributed by atoms with Gasteiger partial charge in [-0.3, -0.25) is 4.79 Å². The minimum Gasteiger partial charge on any atom is -0.507 e. The van der Waals surface area contributed by atoms with Crippen LogP contribution in [0.1, 0.15) is 28.8 Å². The van der Waals surface area contributed by atoms with E-state index in [-0.39, 0.29) is 23.9 Å². The topological polar surface area (TPSA) is 59.0 Å². The maximum Gasteiger partial charge on any atom is 0.257 e. The van der Waals surface area contributed by atoms with Gasteiger partial charge in [-0.15, -0.1) is 0 Å². The lowest BCUT2D eigenvalue weighted by Crippen LogP contribution is -2.43. The third-order valence-corrected chi connectivity index (χ3v) is 4.16. The summed E-state index contributed by atoms with van der Waals surface area (Å²) in [5, 5.41) is 9.97. The second-order valence-electron chi connectivity index (χ2n) is 5.78. The summed E-state index contributed by atoms with van der Waals surface area (Å²) in [5.41, 5.74) is 1.31. The van der Waals surface area contributed by atoms with Crippen molar-refractivity contribution >= 4 is 5.91 Å². The van der Waals surface area contributed by atoms with Crippen LogP contribution in [0.5, 0.6) is 5.75 Å². The molecule has 2 fully saturated rings. The van der Waals surface area contributed by atoms with Gasteiger partial charge in [0, 0.05) is 19.0 Å². The smallest absolute Gasteiger partial charge is 0.257 e. The van der Waals surface area contributed by atoms with Crippen molar-refractivity contribution < 1.29 is 19.4 Å². The first kappa shape index (κ1) is 14.4. The number of piperidine rings is 1. The molecule has 5 heteroatoms. The summed E-state index contributed by atoms with van der Waals surface area (Å²) in [7, 11) is 0. The summed E-state index contributed by atoms with van der Waals surface area (Å²) in [5.74, 6) is 0.156. The molecule has 2 aliphatic heterocycles. The van der Waals surface area contributed by atoms with Crippen LogP contribution in [0.25, 0.3) is 0 Å². The highest BCUT2D eigenvalue weighted by molar-refractivity contribution is 5.97. The number of hydrogen-bond donors (Lipinski definition) is 1. The molecule has 5 nitrogen and oxygen atoms in total. The van der Waals surface area contributed by atoms with Crippen LogP contribution in [-0.2, 0) is 9.47 Å². The second kappa shape index (κ2) is 6.03. The molecule has 1 N–H and O–H groups in total. The first-order valence-corrected chi connectivity index (χ1v) is 7.47. The fourth-order valence-corrected chi connectivity index (χ4v) is 3.06. The Hall–Kier alpha value is -1.59. The van der Waals surface area contributed by atoms with Crippen molar-refractivity contribution in [2.45, 2.75) is 26.1 Å². The highest BCUT2D eigenvalue weighted by atomic mass is 16.7. The number of phenolic OH excluding ortho intramolecular Hbond substituents is 1. The Balaban J connectivity index is 1.71. The van der Waals surface area contributed by atoms with Crippen LogP contribution in [0.4, 0.5) is 0 Å². The SMILES string of the molecule is Cc1ccc(C(=O)N2CCC[C@H](C3OCCO3)C2)c(O)c1. The molecule has 0 spiro atoms. The molecular weight excluding hydrogens is 270 g/mol. The number of carbonyl (C=O) groups is 1. The zero-order valence-electron chi connectivity index (χ0n) is 12.2. The van der Waals surface area contributed by atoms with Crippen LogP contribution >= 0.6 is 0 Å². The van der Waals surface area contributed by atoms with Crippen LogP contribution < -0.4 is 0 Å². The first-order valence-electron chi connectivity index (χ1n) is 7.47. The van der Waals surface area contributed by atoms with Gasteiger partial charge < -0.3 is 19.5 Å². The maximum absolute atomic E-state index is 12.6. The molecule has 0 saturated carbocycles. The highest BCUT2D eigenvalue weighted by Gasteiger charge is 2.33. The lowest BCUT2D eigenvalue weighted by Gasteiger charge is -2.34. The molecule has 114 valence electrons. The zero-order chi connectivity index (χ0) is 14.8. The maximum atomic E-state index is 12.6. The van der Waals surface area contributed by atoms with Gasteiger partial charge in [-0.1, -0.05) is 6.07 Å². The van der Waals surface area contributed by atoms with Gasteiger partial charge in [-0.2, -0.15) is 0 Å². The number of benzene rings is 1. The number of amides is 1. The molecule has 2 heterocycles. The molecule has 0 aliphatic carbocycles. The average Bonchev–Trinajstić information content (AvgIpc) is 3.01. The van der Waals surface area contributed by atoms with Gasteiger partial charge in [-0.25, -0.2) is 0 Å². The van der Waals surface area contributed by atoms with E-state index in [1.807, 2.05) is 13.0 Å². The number of phenols is 1. The van der Waals surface area contributed by atoms with E-state index in [1.165, 1.54) is 0 Å². The largest absolute Gasteiger partial charge is 0.507 e. The molecule has 1 aromatic rings. The molecule has 21 heavy (non-hydrogen) atoms. The van der Waals surface area contributed by atoms with Crippen molar-refractivity contribution in [3.63, 3.8) is 0 Å². The zero-order valence-corrected chi connectivity index (χ0v) is 12.2. The van der Waals surface area contributed by atoms with E-state index < -0.39 is 0 Å². The first-order chi connectivity index (χ1) is 10.1. The Labute approximate surface area is 124 Å². The van der Waals surface area contributed by atoms with Crippen LogP contribution in [-0.4, -0.2) is 48.5 Å². The minimum atomic E-state index is -0.188. The molecule has 1 atom stereocenters.